The fraction of sp³-hybridized carbons (Fsp3) is 0.105. The van der Waals surface area contributed by atoms with Crippen LogP contribution in [-0.4, -0.2) is 49.4 Å². The van der Waals surface area contributed by atoms with Gasteiger partial charge in [-0.1, -0.05) is 46.1 Å². The smallest absolute Gasteiger partial charge is 0.325 e. The summed E-state index contributed by atoms with van der Waals surface area (Å²) in [5.41, 5.74) is 8.05. The van der Waals surface area contributed by atoms with Crippen molar-refractivity contribution in [2.75, 3.05) is 44.8 Å². The lowest BCUT2D eigenvalue weighted by molar-refractivity contribution is 0.262. The molecule has 7 aromatic rings. The number of aromatic nitrogens is 3. The second-order valence-electron chi connectivity index (χ2n) is 11.1. The van der Waals surface area contributed by atoms with Crippen LogP contribution in [0.15, 0.2) is 91.4 Å². The average Bonchev–Trinajstić information content (AvgIpc) is 3.60. The lowest BCUT2D eigenvalue weighted by atomic mass is 10.2. The molecule has 0 saturated heterocycles. The number of anilines is 3. The fourth-order valence-electron chi connectivity index (χ4n) is 5.12. The van der Waals surface area contributed by atoms with Crippen molar-refractivity contribution in [1.29, 1.82) is 0 Å². The van der Waals surface area contributed by atoms with Gasteiger partial charge in [-0.15, -0.1) is 0 Å². The number of urea groups is 1. The number of thiazole rings is 1. The van der Waals surface area contributed by atoms with Gasteiger partial charge in [0.15, 0.2) is 28.1 Å². The molecule has 3 aromatic heterocycles. The van der Waals surface area contributed by atoms with Crippen LogP contribution in [0.5, 0.6) is 46.0 Å². The van der Waals surface area contributed by atoms with E-state index in [0.717, 1.165) is 27.6 Å². The molecule has 13 nitrogen and oxygen atoms in total. The Morgan fingerprint density at radius 2 is 1.13 bits per heavy atom. The van der Waals surface area contributed by atoms with Gasteiger partial charge in [0.1, 0.15) is 27.3 Å². The number of nitrogens with two attached hydrogens (primary N) is 1. The molecule has 0 radical (unpaired) electrons. The predicted octanol–water partition coefficient (Wildman–Crippen LogP) is 10.7. The number of amides is 2. The number of carbonyl (C=O) groups excluding carboxylic acids is 1. The number of halogens is 3. The normalized spacial score (nSPS) is 10.6. The van der Waals surface area contributed by atoms with E-state index in [0.29, 0.717) is 82.4 Å². The number of nitrogens with zero attached hydrogens (tertiary/aromatic N) is 3. The Morgan fingerprint density at radius 3 is 1.60 bits per heavy atom. The molecule has 0 atom stereocenters. The van der Waals surface area contributed by atoms with Gasteiger partial charge in [-0.2, -0.15) is 0 Å². The molecule has 0 unspecified atom stereocenters. The van der Waals surface area contributed by atoms with E-state index in [2.05, 4.69) is 25.6 Å². The highest BCUT2D eigenvalue weighted by atomic mass is 35.5. The predicted molar refractivity (Wildman–Crippen MR) is 217 cm³/mol. The highest BCUT2D eigenvalue weighted by Crippen LogP contribution is 2.39. The molecule has 0 aliphatic rings. The molecule has 0 bridgehead atoms. The number of benzene rings is 4. The highest BCUT2D eigenvalue weighted by molar-refractivity contribution is 7.19. The van der Waals surface area contributed by atoms with Crippen molar-refractivity contribution in [3.8, 4) is 46.0 Å². The minimum atomic E-state index is -0.493. The first-order valence-corrected chi connectivity index (χ1v) is 17.9. The third-order valence-corrected chi connectivity index (χ3v) is 9.40. The summed E-state index contributed by atoms with van der Waals surface area (Å²) >= 11 is 19.3. The molecule has 0 aliphatic heterocycles. The van der Waals surface area contributed by atoms with Crippen molar-refractivity contribution in [3.63, 3.8) is 0 Å². The van der Waals surface area contributed by atoms with Crippen molar-refractivity contribution >= 4 is 90.5 Å². The van der Waals surface area contributed by atoms with Crippen LogP contribution < -0.4 is 44.8 Å². The number of methoxy groups -OCH3 is 4. The van der Waals surface area contributed by atoms with Crippen molar-refractivity contribution in [2.45, 2.75) is 0 Å². The number of hydrogen-bond donors (Lipinski definition) is 3. The van der Waals surface area contributed by atoms with Gasteiger partial charge in [0.25, 0.3) is 0 Å². The third-order valence-electron chi connectivity index (χ3n) is 7.73. The standard InChI is InChI=1S/C21H16Cl2N4O4S.C17H15ClN2O3/c1-29-17-8-12-15(9-18(17)30-2)24-6-5-16(12)31-11-3-4-14(13(22)7-11)26-20(28)27-21-25-10-19(23)32-21;1-21-16-8-11-14(9-17(16)22-2)20-6-5-15(11)23-10-3-4-13(19)12(18)7-10/h3-10H,1-2H3,(H2,25,26,27,28);3-9H,19H2,1-2H3. The van der Waals surface area contributed by atoms with Gasteiger partial charge in [-0.3, -0.25) is 15.3 Å². The molecule has 55 heavy (non-hydrogen) atoms. The maximum atomic E-state index is 12.2. The van der Waals surface area contributed by atoms with Crippen LogP contribution in [0.3, 0.4) is 0 Å². The lowest BCUT2D eigenvalue weighted by Crippen LogP contribution is -2.19. The van der Waals surface area contributed by atoms with Gasteiger partial charge < -0.3 is 39.5 Å². The summed E-state index contributed by atoms with van der Waals surface area (Å²) in [7, 11) is 6.29. The van der Waals surface area contributed by atoms with E-state index in [1.807, 2.05) is 6.07 Å². The maximum Gasteiger partial charge on any atom is 0.325 e. The number of hydrogen-bond acceptors (Lipinski definition) is 12. The van der Waals surface area contributed by atoms with Crippen LogP contribution in [0.2, 0.25) is 14.4 Å². The van der Waals surface area contributed by atoms with Crippen LogP contribution in [0.4, 0.5) is 21.3 Å². The first-order chi connectivity index (χ1) is 26.6. The fourth-order valence-corrected chi connectivity index (χ4v) is 6.32. The largest absolute Gasteiger partial charge is 0.493 e. The van der Waals surface area contributed by atoms with Gasteiger partial charge in [0, 0.05) is 47.4 Å². The van der Waals surface area contributed by atoms with Gasteiger partial charge in [0.2, 0.25) is 0 Å². The van der Waals surface area contributed by atoms with E-state index in [9.17, 15) is 4.79 Å². The average molecular weight is 822 g/mol. The SMILES string of the molecule is COc1cc2nccc(Oc3ccc(N)c(Cl)c3)c2cc1OC.COc1cc2nccc(Oc3ccc(NC(=O)Nc4ncc(Cl)s4)c(Cl)c3)c2cc1OC. The summed E-state index contributed by atoms with van der Waals surface area (Å²) in [5, 5.41) is 7.91. The van der Waals surface area contributed by atoms with Gasteiger partial charge >= 0.3 is 6.03 Å². The molecule has 0 spiro atoms. The highest BCUT2D eigenvalue weighted by Gasteiger charge is 2.15. The Hall–Kier alpha value is -5.93. The van der Waals surface area contributed by atoms with Crippen LogP contribution in [0.25, 0.3) is 21.8 Å². The Labute approximate surface area is 333 Å². The zero-order valence-corrected chi connectivity index (χ0v) is 32.6. The molecule has 282 valence electrons. The zero-order valence-electron chi connectivity index (χ0n) is 29.5. The Kier molecular flexibility index (Phi) is 12.3. The molecule has 2 amide bonds. The number of rotatable bonds is 10. The Morgan fingerprint density at radius 1 is 0.618 bits per heavy atom. The number of nitrogens with one attached hydrogen (secondary N) is 2. The quantitative estimate of drug-likeness (QED) is 0.113. The molecule has 0 aliphatic carbocycles. The van der Waals surface area contributed by atoms with Gasteiger partial charge in [0.05, 0.1) is 67.1 Å². The van der Waals surface area contributed by atoms with Crippen LogP contribution >= 0.6 is 46.1 Å². The first kappa shape index (κ1) is 38.8. The van der Waals surface area contributed by atoms with E-state index in [1.165, 1.54) is 6.20 Å². The van der Waals surface area contributed by atoms with E-state index in [-0.39, 0.29) is 0 Å². The maximum absolute atomic E-state index is 12.2. The molecule has 4 N–H and O–H groups in total. The van der Waals surface area contributed by atoms with Crippen LogP contribution in [0, 0.1) is 0 Å². The summed E-state index contributed by atoms with van der Waals surface area (Å²) in [4.78, 5) is 24.8. The lowest BCUT2D eigenvalue weighted by Gasteiger charge is -2.13. The van der Waals surface area contributed by atoms with E-state index in [1.54, 1.807) is 108 Å². The van der Waals surface area contributed by atoms with Gasteiger partial charge in [-0.05, 0) is 48.5 Å². The number of ether oxygens (including phenoxy) is 6. The minimum absolute atomic E-state index is 0.299. The Balaban J connectivity index is 0.000000197. The number of fused-ring (bicyclic) bond motifs is 2. The monoisotopic (exact) mass is 820 g/mol. The first-order valence-electron chi connectivity index (χ1n) is 16.0. The van der Waals surface area contributed by atoms with Crippen molar-refractivity contribution < 1.29 is 33.2 Å². The molecule has 7 rings (SSSR count). The molecular weight excluding hydrogens is 791 g/mol. The topological polar surface area (TPSA) is 161 Å². The van der Waals surface area contributed by atoms with Crippen molar-refractivity contribution in [1.82, 2.24) is 15.0 Å². The van der Waals surface area contributed by atoms with Gasteiger partial charge in [-0.25, -0.2) is 9.78 Å². The summed E-state index contributed by atoms with van der Waals surface area (Å²) in [5.74, 6) is 4.61. The molecule has 4 aromatic carbocycles. The molecule has 0 saturated carbocycles. The van der Waals surface area contributed by atoms with Crippen LogP contribution in [0.1, 0.15) is 0 Å². The van der Waals surface area contributed by atoms with E-state index >= 15 is 0 Å². The minimum Gasteiger partial charge on any atom is -0.493 e. The van der Waals surface area contributed by atoms with Crippen molar-refractivity contribution in [2.24, 2.45) is 0 Å². The third kappa shape index (κ3) is 9.24. The number of nitrogen functional groups attached to an aromatic ring is 1. The summed E-state index contributed by atoms with van der Waals surface area (Å²) in [6.07, 6.45) is 4.76. The second-order valence-corrected chi connectivity index (χ2v) is 13.6. The molecule has 3 heterocycles. The van der Waals surface area contributed by atoms with Crippen molar-refractivity contribution in [3.05, 3.63) is 106 Å². The molecule has 17 heteroatoms. The summed E-state index contributed by atoms with van der Waals surface area (Å²) in [6, 6.07) is 20.3. The molecular formula is C38H31Cl3N6O7S. The zero-order chi connectivity index (χ0) is 39.1. The molecule has 0 fully saturated rings. The number of pyridine rings is 2. The van der Waals surface area contributed by atoms with Crippen LogP contribution in [-0.2, 0) is 0 Å². The number of carbonyl (C=O) groups is 1. The summed E-state index contributed by atoms with van der Waals surface area (Å²) < 4.78 is 33.8. The van der Waals surface area contributed by atoms with E-state index in [4.69, 9.17) is 69.0 Å². The Bertz CT molecular complexity index is 2500. The summed E-state index contributed by atoms with van der Waals surface area (Å²) in [6.45, 7) is 0. The van der Waals surface area contributed by atoms with E-state index < -0.39 is 6.03 Å². The second kappa shape index (κ2) is 17.5.